The Morgan fingerprint density at radius 1 is 1.24 bits per heavy atom. The van der Waals surface area contributed by atoms with Gasteiger partial charge in [-0.1, -0.05) is 0 Å². The fraction of sp³-hybridized carbons (Fsp3) is 0.417. The summed E-state index contributed by atoms with van der Waals surface area (Å²) in [5, 5.41) is 11.8. The van der Waals surface area contributed by atoms with Gasteiger partial charge in [-0.2, -0.15) is 0 Å². The van der Waals surface area contributed by atoms with Crippen LogP contribution in [0.4, 0.5) is 0 Å². The zero-order chi connectivity index (χ0) is 12.5. The van der Waals surface area contributed by atoms with Crippen molar-refractivity contribution in [3.05, 3.63) is 29.8 Å². The molecular formula is C12H17NO4. The smallest absolute Gasteiger partial charge is 0.251 e. The van der Waals surface area contributed by atoms with Gasteiger partial charge < -0.3 is 19.9 Å². The number of carbonyl (C=O) groups excluding carboxylic acids is 1. The topological polar surface area (TPSA) is 67.8 Å². The molecule has 1 rings (SSSR count). The molecule has 0 aliphatic rings. The minimum absolute atomic E-state index is 0.143. The van der Waals surface area contributed by atoms with Crippen molar-refractivity contribution in [3.63, 3.8) is 0 Å². The van der Waals surface area contributed by atoms with Gasteiger partial charge in [0.25, 0.3) is 5.91 Å². The molecule has 0 bridgehead atoms. The van der Waals surface area contributed by atoms with Gasteiger partial charge in [-0.15, -0.1) is 0 Å². The van der Waals surface area contributed by atoms with Crippen molar-refractivity contribution in [1.82, 2.24) is 5.32 Å². The number of phenols is 1. The first-order valence-corrected chi connectivity index (χ1v) is 5.38. The summed E-state index contributed by atoms with van der Waals surface area (Å²) in [5.41, 5.74) is 0.514. The molecule has 0 radical (unpaired) electrons. The lowest BCUT2D eigenvalue weighted by atomic mass is 10.2. The van der Waals surface area contributed by atoms with Crippen LogP contribution in [0.1, 0.15) is 10.4 Å². The van der Waals surface area contributed by atoms with Crippen LogP contribution < -0.4 is 5.32 Å². The predicted octanol–water partition coefficient (Wildman–Crippen LogP) is 0.785. The summed E-state index contributed by atoms with van der Waals surface area (Å²) in [6, 6.07) is 6.08. The molecule has 0 saturated carbocycles. The molecule has 0 aliphatic carbocycles. The van der Waals surface area contributed by atoms with Gasteiger partial charge in [-0.25, -0.2) is 0 Å². The first-order valence-electron chi connectivity index (χ1n) is 5.38. The summed E-state index contributed by atoms with van der Waals surface area (Å²) in [5.74, 6) is -0.0372. The maximum Gasteiger partial charge on any atom is 0.251 e. The number of hydrogen-bond donors (Lipinski definition) is 2. The summed E-state index contributed by atoms with van der Waals surface area (Å²) >= 11 is 0. The molecule has 0 fully saturated rings. The molecule has 5 nitrogen and oxygen atoms in total. The summed E-state index contributed by atoms with van der Waals surface area (Å²) in [6.07, 6.45) is 0. The standard InChI is InChI=1S/C12H17NO4/c1-16-8-9-17-7-6-13-12(15)10-2-4-11(14)5-3-10/h2-5,14H,6-9H2,1H3,(H,13,15). The molecule has 0 unspecified atom stereocenters. The van der Waals surface area contributed by atoms with E-state index >= 15 is 0 Å². The van der Waals surface area contributed by atoms with Crippen LogP contribution in [0.2, 0.25) is 0 Å². The Kier molecular flexibility index (Phi) is 6.06. The van der Waals surface area contributed by atoms with Gasteiger partial charge in [0.15, 0.2) is 0 Å². The number of phenolic OH excluding ortho intramolecular Hbond substituents is 1. The third-order valence-corrected chi connectivity index (χ3v) is 2.09. The largest absolute Gasteiger partial charge is 0.508 e. The van der Waals surface area contributed by atoms with Crippen LogP contribution in [0, 0.1) is 0 Å². The van der Waals surface area contributed by atoms with Gasteiger partial charge in [0.2, 0.25) is 0 Å². The maximum atomic E-state index is 11.6. The van der Waals surface area contributed by atoms with Crippen molar-refractivity contribution in [2.75, 3.05) is 33.5 Å². The van der Waals surface area contributed by atoms with Crippen LogP contribution in [0.3, 0.4) is 0 Å². The van der Waals surface area contributed by atoms with E-state index in [1.54, 1.807) is 19.2 Å². The number of rotatable bonds is 7. The zero-order valence-electron chi connectivity index (χ0n) is 9.81. The Bertz CT molecular complexity index is 337. The highest BCUT2D eigenvalue weighted by Gasteiger charge is 2.03. The molecule has 0 atom stereocenters. The lowest BCUT2D eigenvalue weighted by molar-refractivity contribution is 0.0692. The maximum absolute atomic E-state index is 11.6. The van der Waals surface area contributed by atoms with E-state index in [0.717, 1.165) is 0 Å². The number of nitrogens with one attached hydrogen (secondary N) is 1. The van der Waals surface area contributed by atoms with E-state index in [9.17, 15) is 4.79 Å². The van der Waals surface area contributed by atoms with Gasteiger partial charge in [0.05, 0.1) is 19.8 Å². The van der Waals surface area contributed by atoms with Crippen LogP contribution in [0.25, 0.3) is 0 Å². The second-order valence-corrected chi connectivity index (χ2v) is 3.41. The van der Waals surface area contributed by atoms with Gasteiger partial charge in [-0.05, 0) is 24.3 Å². The Morgan fingerprint density at radius 2 is 1.94 bits per heavy atom. The average Bonchev–Trinajstić information content (AvgIpc) is 2.34. The first kappa shape index (κ1) is 13.5. The Labute approximate surface area is 100 Å². The molecule has 0 saturated heterocycles. The molecule has 94 valence electrons. The van der Waals surface area contributed by atoms with E-state index in [0.29, 0.717) is 31.9 Å². The number of ether oxygens (including phenoxy) is 2. The number of methoxy groups -OCH3 is 1. The summed E-state index contributed by atoms with van der Waals surface area (Å²) < 4.78 is 10.0. The molecule has 2 N–H and O–H groups in total. The van der Waals surface area contributed by atoms with E-state index in [4.69, 9.17) is 14.6 Å². The van der Waals surface area contributed by atoms with Crippen molar-refractivity contribution in [1.29, 1.82) is 0 Å². The van der Waals surface area contributed by atoms with Crippen LogP contribution >= 0.6 is 0 Å². The molecular weight excluding hydrogens is 222 g/mol. The van der Waals surface area contributed by atoms with E-state index in [2.05, 4.69) is 5.32 Å². The zero-order valence-corrected chi connectivity index (χ0v) is 9.81. The second kappa shape index (κ2) is 7.65. The van der Waals surface area contributed by atoms with E-state index in [1.165, 1.54) is 12.1 Å². The lowest BCUT2D eigenvalue weighted by Gasteiger charge is -2.06. The summed E-state index contributed by atoms with van der Waals surface area (Å²) in [6.45, 7) is 1.97. The molecule has 0 aromatic heterocycles. The molecule has 0 heterocycles. The van der Waals surface area contributed by atoms with Crippen LogP contribution in [0.15, 0.2) is 24.3 Å². The minimum atomic E-state index is -0.180. The number of amides is 1. The van der Waals surface area contributed by atoms with Gasteiger partial charge in [-0.3, -0.25) is 4.79 Å². The molecule has 1 aromatic carbocycles. The first-order chi connectivity index (χ1) is 8.24. The monoisotopic (exact) mass is 239 g/mol. The normalized spacial score (nSPS) is 10.2. The van der Waals surface area contributed by atoms with Gasteiger partial charge >= 0.3 is 0 Å². The summed E-state index contributed by atoms with van der Waals surface area (Å²) in [4.78, 5) is 11.6. The Morgan fingerprint density at radius 3 is 2.59 bits per heavy atom. The van der Waals surface area contributed by atoms with E-state index in [-0.39, 0.29) is 11.7 Å². The third-order valence-electron chi connectivity index (χ3n) is 2.09. The van der Waals surface area contributed by atoms with Crippen molar-refractivity contribution in [2.45, 2.75) is 0 Å². The number of aromatic hydroxyl groups is 1. The number of carbonyl (C=O) groups is 1. The average molecular weight is 239 g/mol. The second-order valence-electron chi connectivity index (χ2n) is 3.41. The quantitative estimate of drug-likeness (QED) is 0.690. The van der Waals surface area contributed by atoms with E-state index < -0.39 is 0 Å². The van der Waals surface area contributed by atoms with Crippen molar-refractivity contribution in [3.8, 4) is 5.75 Å². The fourth-order valence-electron chi connectivity index (χ4n) is 1.20. The predicted molar refractivity (Wildman–Crippen MR) is 63.1 cm³/mol. The molecule has 17 heavy (non-hydrogen) atoms. The molecule has 0 spiro atoms. The number of benzene rings is 1. The Hall–Kier alpha value is -1.59. The molecule has 1 aromatic rings. The molecule has 0 aliphatic heterocycles. The molecule has 1 amide bonds. The van der Waals surface area contributed by atoms with Gasteiger partial charge in [0.1, 0.15) is 5.75 Å². The van der Waals surface area contributed by atoms with Crippen LogP contribution in [-0.4, -0.2) is 44.5 Å². The van der Waals surface area contributed by atoms with Crippen molar-refractivity contribution in [2.24, 2.45) is 0 Å². The van der Waals surface area contributed by atoms with E-state index in [1.807, 2.05) is 0 Å². The van der Waals surface area contributed by atoms with Crippen molar-refractivity contribution < 1.29 is 19.4 Å². The SMILES string of the molecule is COCCOCCNC(=O)c1ccc(O)cc1. The third kappa shape index (κ3) is 5.33. The number of hydrogen-bond acceptors (Lipinski definition) is 4. The summed E-state index contributed by atoms with van der Waals surface area (Å²) in [7, 11) is 1.61. The highest BCUT2D eigenvalue weighted by Crippen LogP contribution is 2.09. The Balaban J connectivity index is 2.19. The highest BCUT2D eigenvalue weighted by atomic mass is 16.5. The van der Waals surface area contributed by atoms with Crippen LogP contribution in [0.5, 0.6) is 5.75 Å². The van der Waals surface area contributed by atoms with Crippen LogP contribution in [-0.2, 0) is 9.47 Å². The van der Waals surface area contributed by atoms with Crippen molar-refractivity contribution >= 4 is 5.91 Å². The molecule has 5 heteroatoms. The minimum Gasteiger partial charge on any atom is -0.508 e. The van der Waals surface area contributed by atoms with Gasteiger partial charge in [0, 0.05) is 19.2 Å². The lowest BCUT2D eigenvalue weighted by Crippen LogP contribution is -2.27. The highest BCUT2D eigenvalue weighted by molar-refractivity contribution is 5.94. The fourth-order valence-corrected chi connectivity index (χ4v) is 1.20.